The summed E-state index contributed by atoms with van der Waals surface area (Å²) in [5.74, 6) is -1.28. The normalized spacial score (nSPS) is 11.8. The topological polar surface area (TPSA) is 68.3 Å². The summed E-state index contributed by atoms with van der Waals surface area (Å²) in [6.45, 7) is 1.42. The fourth-order valence-electron chi connectivity index (χ4n) is 1.53. The molecule has 8 heteroatoms. The van der Waals surface area contributed by atoms with Gasteiger partial charge in [0.15, 0.2) is 5.69 Å². The lowest BCUT2D eigenvalue weighted by molar-refractivity contribution is -0.141. The zero-order chi connectivity index (χ0) is 14.2. The quantitative estimate of drug-likeness (QED) is 0.933. The van der Waals surface area contributed by atoms with Crippen LogP contribution >= 0.6 is 0 Å². The molecule has 0 saturated heterocycles. The van der Waals surface area contributed by atoms with Gasteiger partial charge < -0.3 is 9.52 Å². The minimum absolute atomic E-state index is 0.0603. The average molecular weight is 274 g/mol. The highest BCUT2D eigenvalue weighted by atomic mass is 19.4. The molecule has 1 N–H and O–H groups in total. The Kier molecular flexibility index (Phi) is 3.09. The molecular formula is C11H9F3N2O3. The first-order chi connectivity index (χ1) is 8.77. The number of carboxylic acid groups (broad SMARTS) is 1. The Hall–Kier alpha value is -2.25. The van der Waals surface area contributed by atoms with E-state index in [9.17, 15) is 18.0 Å². The lowest BCUT2D eigenvalue weighted by Gasteiger charge is -2.02. The maximum Gasteiger partial charge on any atom is 0.435 e. The fourth-order valence-corrected chi connectivity index (χ4v) is 1.53. The molecule has 0 radical (unpaired) electrons. The van der Waals surface area contributed by atoms with Crippen LogP contribution in [0.15, 0.2) is 22.6 Å². The molecule has 0 saturated carbocycles. The van der Waals surface area contributed by atoms with E-state index < -0.39 is 17.8 Å². The first-order valence-electron chi connectivity index (χ1n) is 5.21. The standard InChI is InChI=1S/C11H9F3N2O3/c1-6-4-9(11(12,13)14)15-16(6)5-7-2-3-8(19-7)10(17)18/h2-4H,5H2,1H3,(H,17,18). The number of rotatable bonds is 3. The lowest BCUT2D eigenvalue weighted by Crippen LogP contribution is -2.08. The summed E-state index contributed by atoms with van der Waals surface area (Å²) < 4.78 is 43.4. The molecule has 0 aliphatic carbocycles. The molecule has 0 aromatic carbocycles. The van der Waals surface area contributed by atoms with Crippen molar-refractivity contribution in [2.24, 2.45) is 0 Å². The van der Waals surface area contributed by atoms with Gasteiger partial charge in [0.05, 0.1) is 6.54 Å². The van der Waals surface area contributed by atoms with Crippen molar-refractivity contribution in [3.05, 3.63) is 41.1 Å². The second-order valence-electron chi connectivity index (χ2n) is 3.90. The molecule has 0 atom stereocenters. The summed E-state index contributed by atoms with van der Waals surface area (Å²) >= 11 is 0. The molecule has 2 rings (SSSR count). The zero-order valence-electron chi connectivity index (χ0n) is 9.73. The van der Waals surface area contributed by atoms with Gasteiger partial charge >= 0.3 is 12.1 Å². The van der Waals surface area contributed by atoms with Crippen LogP contribution in [0.2, 0.25) is 0 Å². The van der Waals surface area contributed by atoms with E-state index in [0.29, 0.717) is 5.69 Å². The predicted molar refractivity (Wildman–Crippen MR) is 56.7 cm³/mol. The second-order valence-corrected chi connectivity index (χ2v) is 3.90. The van der Waals surface area contributed by atoms with Crippen molar-refractivity contribution in [3.63, 3.8) is 0 Å². The SMILES string of the molecule is Cc1cc(C(F)(F)F)nn1Cc1ccc(C(=O)O)o1. The number of aromatic carboxylic acids is 1. The van der Waals surface area contributed by atoms with E-state index >= 15 is 0 Å². The Morgan fingerprint density at radius 1 is 1.47 bits per heavy atom. The number of nitrogens with zero attached hydrogens (tertiary/aromatic N) is 2. The molecule has 0 aliphatic rings. The Balaban J connectivity index is 2.23. The molecule has 0 aliphatic heterocycles. The first kappa shape index (κ1) is 13.2. The minimum Gasteiger partial charge on any atom is -0.475 e. The third-order valence-corrected chi connectivity index (χ3v) is 2.45. The Labute approximate surface area is 105 Å². The molecule has 2 aromatic heterocycles. The molecule has 19 heavy (non-hydrogen) atoms. The van der Waals surface area contributed by atoms with Crippen LogP contribution in [0.25, 0.3) is 0 Å². The predicted octanol–water partition coefficient (Wildman–Crippen LogP) is 2.55. The fraction of sp³-hybridized carbons (Fsp3) is 0.273. The van der Waals surface area contributed by atoms with Crippen LogP contribution in [0, 0.1) is 6.92 Å². The summed E-state index contributed by atoms with van der Waals surface area (Å²) in [6.07, 6.45) is -4.51. The lowest BCUT2D eigenvalue weighted by atomic mass is 10.3. The highest BCUT2D eigenvalue weighted by Crippen LogP contribution is 2.28. The molecule has 0 bridgehead atoms. The van der Waals surface area contributed by atoms with Crippen LogP contribution in [0.4, 0.5) is 13.2 Å². The summed E-state index contributed by atoms with van der Waals surface area (Å²) in [6, 6.07) is 3.54. The van der Waals surface area contributed by atoms with Crippen molar-refractivity contribution < 1.29 is 27.5 Å². The third kappa shape index (κ3) is 2.78. The van der Waals surface area contributed by atoms with Gasteiger partial charge in [0.2, 0.25) is 5.76 Å². The number of furan rings is 1. The number of halogens is 3. The zero-order valence-corrected chi connectivity index (χ0v) is 9.73. The van der Waals surface area contributed by atoms with Gasteiger partial charge in [0.1, 0.15) is 5.76 Å². The highest BCUT2D eigenvalue weighted by molar-refractivity contribution is 5.84. The minimum atomic E-state index is -4.51. The van der Waals surface area contributed by atoms with E-state index in [2.05, 4.69) is 5.10 Å². The molecule has 2 heterocycles. The number of hydrogen-bond donors (Lipinski definition) is 1. The van der Waals surface area contributed by atoms with Gasteiger partial charge in [-0.3, -0.25) is 4.68 Å². The number of carbonyl (C=O) groups is 1. The summed E-state index contributed by atoms with van der Waals surface area (Å²) in [5.41, 5.74) is -0.685. The molecule has 102 valence electrons. The van der Waals surface area contributed by atoms with Crippen molar-refractivity contribution in [1.82, 2.24) is 9.78 Å². The Morgan fingerprint density at radius 2 is 2.16 bits per heavy atom. The summed E-state index contributed by atoms with van der Waals surface area (Å²) in [5, 5.41) is 12.1. The van der Waals surface area contributed by atoms with Crippen LogP contribution in [0.1, 0.15) is 27.7 Å². The Bertz CT molecular complexity index is 613. The smallest absolute Gasteiger partial charge is 0.435 e. The largest absolute Gasteiger partial charge is 0.475 e. The molecule has 0 spiro atoms. The number of hydrogen-bond acceptors (Lipinski definition) is 3. The maximum absolute atomic E-state index is 12.5. The van der Waals surface area contributed by atoms with E-state index in [-0.39, 0.29) is 18.1 Å². The Morgan fingerprint density at radius 3 is 2.63 bits per heavy atom. The molecule has 0 unspecified atom stereocenters. The van der Waals surface area contributed by atoms with Crippen molar-refractivity contribution in [3.8, 4) is 0 Å². The second kappa shape index (κ2) is 4.45. The summed E-state index contributed by atoms with van der Waals surface area (Å²) in [4.78, 5) is 10.6. The van der Waals surface area contributed by atoms with Gasteiger partial charge in [-0.05, 0) is 25.1 Å². The van der Waals surface area contributed by atoms with Crippen molar-refractivity contribution in [2.45, 2.75) is 19.6 Å². The van der Waals surface area contributed by atoms with Crippen LogP contribution in [0.5, 0.6) is 0 Å². The van der Waals surface area contributed by atoms with Crippen LogP contribution in [-0.2, 0) is 12.7 Å². The van der Waals surface area contributed by atoms with Gasteiger partial charge in [-0.15, -0.1) is 0 Å². The highest BCUT2D eigenvalue weighted by Gasteiger charge is 2.34. The maximum atomic E-state index is 12.5. The van der Waals surface area contributed by atoms with Gasteiger partial charge in [0.25, 0.3) is 0 Å². The number of aryl methyl sites for hydroxylation is 1. The molecular weight excluding hydrogens is 265 g/mol. The van der Waals surface area contributed by atoms with E-state index in [4.69, 9.17) is 9.52 Å². The van der Waals surface area contributed by atoms with Crippen LogP contribution in [-0.4, -0.2) is 20.9 Å². The van der Waals surface area contributed by atoms with Gasteiger partial charge in [-0.1, -0.05) is 0 Å². The van der Waals surface area contributed by atoms with Gasteiger partial charge in [0, 0.05) is 5.69 Å². The van der Waals surface area contributed by atoms with Crippen molar-refractivity contribution in [2.75, 3.05) is 0 Å². The first-order valence-corrected chi connectivity index (χ1v) is 5.21. The van der Waals surface area contributed by atoms with Gasteiger partial charge in [-0.2, -0.15) is 18.3 Å². The van der Waals surface area contributed by atoms with Crippen LogP contribution < -0.4 is 0 Å². The van der Waals surface area contributed by atoms with E-state index in [1.165, 1.54) is 19.1 Å². The number of carboxylic acids is 1. The van der Waals surface area contributed by atoms with E-state index in [1.54, 1.807) is 0 Å². The number of aromatic nitrogens is 2. The molecule has 5 nitrogen and oxygen atoms in total. The van der Waals surface area contributed by atoms with Crippen molar-refractivity contribution >= 4 is 5.97 Å². The summed E-state index contributed by atoms with van der Waals surface area (Å²) in [7, 11) is 0. The van der Waals surface area contributed by atoms with Crippen LogP contribution in [0.3, 0.4) is 0 Å². The third-order valence-electron chi connectivity index (χ3n) is 2.45. The average Bonchev–Trinajstić information content (AvgIpc) is 2.86. The monoisotopic (exact) mass is 274 g/mol. The molecule has 2 aromatic rings. The number of alkyl halides is 3. The molecule has 0 amide bonds. The van der Waals surface area contributed by atoms with E-state index in [0.717, 1.165) is 10.7 Å². The molecule has 0 fully saturated rings. The van der Waals surface area contributed by atoms with Gasteiger partial charge in [-0.25, -0.2) is 4.79 Å². The van der Waals surface area contributed by atoms with Crippen molar-refractivity contribution in [1.29, 1.82) is 0 Å². The van der Waals surface area contributed by atoms with E-state index in [1.807, 2.05) is 0 Å².